The van der Waals surface area contributed by atoms with Crippen LogP contribution in [0.25, 0.3) is 10.8 Å². The zero-order valence-electron chi connectivity index (χ0n) is 19.9. The number of fused-ring (bicyclic) bond motifs is 2. The summed E-state index contributed by atoms with van der Waals surface area (Å²) in [5.74, 6) is 2.22. The van der Waals surface area contributed by atoms with Gasteiger partial charge in [-0.2, -0.15) is 0 Å². The molecule has 0 heterocycles. The molecule has 0 aromatic heterocycles. The van der Waals surface area contributed by atoms with Crippen molar-refractivity contribution < 1.29 is 13.9 Å². The molecule has 2 aliphatic rings. The molecule has 4 atom stereocenters. The van der Waals surface area contributed by atoms with Crippen LogP contribution in [0.3, 0.4) is 0 Å². The summed E-state index contributed by atoms with van der Waals surface area (Å²) in [5, 5.41) is 1.38. The summed E-state index contributed by atoms with van der Waals surface area (Å²) in [5.41, 5.74) is 1.34. The highest BCUT2D eigenvalue weighted by Gasteiger charge is 2.35. The minimum Gasteiger partial charge on any atom is -0.465 e. The van der Waals surface area contributed by atoms with Gasteiger partial charge in [0.2, 0.25) is 0 Å². The zero-order valence-corrected chi connectivity index (χ0v) is 19.9. The topological polar surface area (TPSA) is 26.3 Å². The van der Waals surface area contributed by atoms with Crippen LogP contribution in [0, 0.1) is 23.6 Å². The lowest BCUT2D eigenvalue weighted by atomic mass is 9.63. The van der Waals surface area contributed by atoms with Crippen molar-refractivity contribution in [1.82, 2.24) is 0 Å². The third-order valence-electron chi connectivity index (χ3n) is 8.29. The number of benzene rings is 2. The maximum Gasteiger partial charge on any atom is 0.340 e. The second-order valence-electron chi connectivity index (χ2n) is 10.3. The number of ether oxygens (including phenoxy) is 1. The minimum absolute atomic E-state index is 0.00961. The fraction of sp³-hybridized carbons (Fsp3) is 0.621. The van der Waals surface area contributed by atoms with Gasteiger partial charge in [-0.25, -0.2) is 9.18 Å². The molecule has 2 saturated carbocycles. The molecule has 4 unspecified atom stereocenters. The second kappa shape index (κ2) is 10.8. The molecular weight excluding hydrogens is 399 g/mol. The van der Waals surface area contributed by atoms with E-state index in [0.717, 1.165) is 23.1 Å². The van der Waals surface area contributed by atoms with Crippen molar-refractivity contribution in [3.63, 3.8) is 0 Å². The lowest BCUT2D eigenvalue weighted by molar-refractivity contribution is 0.0596. The number of hydrogen-bond donors (Lipinski definition) is 0. The zero-order chi connectivity index (χ0) is 22.5. The van der Waals surface area contributed by atoms with E-state index < -0.39 is 11.8 Å². The number of rotatable bonds is 8. The maximum absolute atomic E-state index is 14.8. The van der Waals surface area contributed by atoms with E-state index >= 15 is 0 Å². The van der Waals surface area contributed by atoms with Gasteiger partial charge >= 0.3 is 5.97 Å². The Bertz CT molecular complexity index is 921. The van der Waals surface area contributed by atoms with Gasteiger partial charge in [0.15, 0.2) is 0 Å². The van der Waals surface area contributed by atoms with Crippen LogP contribution in [0.1, 0.15) is 106 Å². The fourth-order valence-corrected chi connectivity index (χ4v) is 6.42. The van der Waals surface area contributed by atoms with Crippen LogP contribution in [-0.4, -0.2) is 13.1 Å². The first-order chi connectivity index (χ1) is 15.6. The molecule has 0 saturated heterocycles. The van der Waals surface area contributed by atoms with Gasteiger partial charge in [0, 0.05) is 5.39 Å². The molecule has 2 aliphatic carbocycles. The molecule has 2 fully saturated rings. The third-order valence-corrected chi connectivity index (χ3v) is 8.29. The molecule has 2 aromatic rings. The van der Waals surface area contributed by atoms with E-state index in [1.54, 1.807) is 6.07 Å². The largest absolute Gasteiger partial charge is 0.465 e. The first-order valence-electron chi connectivity index (χ1n) is 12.9. The van der Waals surface area contributed by atoms with E-state index in [1.165, 1.54) is 89.7 Å². The second-order valence-corrected chi connectivity index (χ2v) is 10.3. The van der Waals surface area contributed by atoms with E-state index in [2.05, 4.69) is 19.1 Å². The SMILES string of the molecule is CCCCCCCC1CCC2CC(c3ccc4c(F)c(C(=O)OC)ccc4c3)CCC2C1. The number of methoxy groups -OCH3 is 1. The molecule has 2 aromatic carbocycles. The fourth-order valence-electron chi connectivity index (χ4n) is 6.42. The van der Waals surface area contributed by atoms with E-state index in [9.17, 15) is 9.18 Å². The van der Waals surface area contributed by atoms with Crippen molar-refractivity contribution in [2.45, 2.75) is 89.9 Å². The Kier molecular flexibility index (Phi) is 7.86. The average Bonchev–Trinajstić information content (AvgIpc) is 2.83. The van der Waals surface area contributed by atoms with E-state index in [-0.39, 0.29) is 5.56 Å². The Hall–Kier alpha value is -1.90. The van der Waals surface area contributed by atoms with Crippen LogP contribution in [0.2, 0.25) is 0 Å². The summed E-state index contributed by atoms with van der Waals surface area (Å²) in [6, 6.07) is 9.49. The average molecular weight is 439 g/mol. The summed E-state index contributed by atoms with van der Waals surface area (Å²) in [4.78, 5) is 11.8. The van der Waals surface area contributed by atoms with Gasteiger partial charge in [-0.1, -0.05) is 76.1 Å². The van der Waals surface area contributed by atoms with Crippen LogP contribution in [0.4, 0.5) is 4.39 Å². The lowest BCUT2D eigenvalue weighted by Gasteiger charge is -2.42. The van der Waals surface area contributed by atoms with Crippen LogP contribution in [0.15, 0.2) is 30.3 Å². The van der Waals surface area contributed by atoms with Crippen molar-refractivity contribution in [2.24, 2.45) is 17.8 Å². The monoisotopic (exact) mass is 438 g/mol. The Morgan fingerprint density at radius 1 is 0.969 bits per heavy atom. The van der Waals surface area contributed by atoms with Gasteiger partial charge in [-0.3, -0.25) is 0 Å². The van der Waals surface area contributed by atoms with Gasteiger partial charge in [-0.05, 0) is 72.8 Å². The van der Waals surface area contributed by atoms with Crippen LogP contribution < -0.4 is 0 Å². The predicted molar refractivity (Wildman–Crippen MR) is 130 cm³/mol. The van der Waals surface area contributed by atoms with Gasteiger partial charge < -0.3 is 4.74 Å². The maximum atomic E-state index is 14.8. The number of carbonyl (C=O) groups is 1. The van der Waals surface area contributed by atoms with Crippen molar-refractivity contribution in [3.8, 4) is 0 Å². The summed E-state index contributed by atoms with van der Waals surface area (Å²) in [7, 11) is 1.28. The Morgan fingerprint density at radius 2 is 1.75 bits per heavy atom. The summed E-state index contributed by atoms with van der Waals surface area (Å²) in [6.45, 7) is 2.29. The van der Waals surface area contributed by atoms with E-state index in [0.29, 0.717) is 11.3 Å². The number of unbranched alkanes of at least 4 members (excludes halogenated alkanes) is 4. The van der Waals surface area contributed by atoms with Gasteiger partial charge in [-0.15, -0.1) is 0 Å². The normalized spacial score (nSPS) is 25.5. The number of hydrogen-bond acceptors (Lipinski definition) is 2. The van der Waals surface area contributed by atoms with Gasteiger partial charge in [0.05, 0.1) is 12.7 Å². The molecule has 2 nitrogen and oxygen atoms in total. The Morgan fingerprint density at radius 3 is 2.56 bits per heavy atom. The highest BCUT2D eigenvalue weighted by atomic mass is 19.1. The molecule has 0 amide bonds. The van der Waals surface area contributed by atoms with Crippen LogP contribution in [0.5, 0.6) is 0 Å². The Labute approximate surface area is 192 Å². The molecule has 32 heavy (non-hydrogen) atoms. The Balaban J connectivity index is 1.36. The van der Waals surface area contributed by atoms with Crippen LogP contribution >= 0.6 is 0 Å². The van der Waals surface area contributed by atoms with E-state index in [4.69, 9.17) is 4.74 Å². The molecule has 0 spiro atoms. The van der Waals surface area contributed by atoms with Crippen molar-refractivity contribution in [3.05, 3.63) is 47.3 Å². The molecule has 0 radical (unpaired) electrons. The lowest BCUT2D eigenvalue weighted by Crippen LogP contribution is -2.30. The minimum atomic E-state index is -0.622. The van der Waals surface area contributed by atoms with Crippen LogP contribution in [-0.2, 0) is 4.74 Å². The molecular formula is C29H39FO2. The number of carbonyl (C=O) groups excluding carboxylic acids is 1. The molecule has 3 heteroatoms. The summed E-state index contributed by atoms with van der Waals surface area (Å²) >= 11 is 0. The standard InChI is InChI=1S/C29H39FO2/c1-3-4-5-6-7-8-20-9-10-22-18-23(12-11-21(22)17-20)24-13-15-26-25(19-24)14-16-27(28(26)30)29(31)32-2/h13-16,19-23H,3-12,17-18H2,1-2H3. The quantitative estimate of drug-likeness (QED) is 0.305. The first-order valence-corrected chi connectivity index (χ1v) is 12.9. The van der Waals surface area contributed by atoms with Crippen molar-refractivity contribution in [1.29, 1.82) is 0 Å². The smallest absolute Gasteiger partial charge is 0.340 e. The van der Waals surface area contributed by atoms with Gasteiger partial charge in [0.25, 0.3) is 0 Å². The molecule has 4 rings (SSSR count). The number of halogens is 1. The van der Waals surface area contributed by atoms with Gasteiger partial charge in [0.1, 0.15) is 5.82 Å². The molecule has 174 valence electrons. The molecule has 0 aliphatic heterocycles. The summed E-state index contributed by atoms with van der Waals surface area (Å²) in [6.07, 6.45) is 16.6. The third kappa shape index (κ3) is 5.18. The number of esters is 1. The molecule has 0 N–H and O–H groups in total. The summed E-state index contributed by atoms with van der Waals surface area (Å²) < 4.78 is 19.5. The van der Waals surface area contributed by atoms with E-state index in [1.807, 2.05) is 12.1 Å². The first kappa shape index (κ1) is 23.3. The molecule has 0 bridgehead atoms. The highest BCUT2D eigenvalue weighted by molar-refractivity contribution is 5.96. The predicted octanol–water partition coefficient (Wildman–Crippen LogP) is 8.43. The highest BCUT2D eigenvalue weighted by Crippen LogP contribution is 2.48. The van der Waals surface area contributed by atoms with Crippen molar-refractivity contribution >= 4 is 16.7 Å². The van der Waals surface area contributed by atoms with Crippen molar-refractivity contribution in [2.75, 3.05) is 7.11 Å².